The first kappa shape index (κ1) is 16.6. The molecule has 0 aromatic carbocycles. The van der Waals surface area contributed by atoms with Gasteiger partial charge >= 0.3 is 6.18 Å². The van der Waals surface area contributed by atoms with Gasteiger partial charge in [-0.05, 0) is 38.3 Å². The number of hydrogen-bond donors (Lipinski definition) is 2. The Balaban J connectivity index is 1.82. The van der Waals surface area contributed by atoms with Crippen LogP contribution in [0.5, 0.6) is 0 Å². The highest BCUT2D eigenvalue weighted by molar-refractivity contribution is 7.99. The summed E-state index contributed by atoms with van der Waals surface area (Å²) < 4.78 is 37.3. The summed E-state index contributed by atoms with van der Waals surface area (Å²) in [5.74, 6) is 0.690. The van der Waals surface area contributed by atoms with Gasteiger partial charge in [0.15, 0.2) is 0 Å². The number of aliphatic hydroxyl groups excluding tert-OH is 1. The van der Waals surface area contributed by atoms with Crippen molar-refractivity contribution >= 4 is 11.8 Å². The lowest BCUT2D eigenvalue weighted by atomic mass is 10.0. The largest absolute Gasteiger partial charge is 0.417 e. The normalized spacial score (nSPS) is 18.5. The maximum atomic E-state index is 12.4. The van der Waals surface area contributed by atoms with E-state index in [1.807, 2.05) is 6.92 Å². The third kappa shape index (κ3) is 5.16. The molecule has 1 aliphatic carbocycles. The van der Waals surface area contributed by atoms with Crippen LogP contribution < -0.4 is 5.32 Å². The van der Waals surface area contributed by atoms with Crippen LogP contribution in [-0.4, -0.2) is 34.0 Å². The molecule has 1 fully saturated rings. The Morgan fingerprint density at radius 2 is 2.10 bits per heavy atom. The monoisotopic (exact) mass is 320 g/mol. The number of thioether (sulfide) groups is 1. The smallest absolute Gasteiger partial charge is 0.394 e. The lowest BCUT2D eigenvalue weighted by Gasteiger charge is -2.28. The Bertz CT molecular complexity index is 462. The van der Waals surface area contributed by atoms with E-state index in [-0.39, 0.29) is 12.1 Å². The van der Waals surface area contributed by atoms with Gasteiger partial charge in [-0.15, -0.1) is 11.8 Å². The van der Waals surface area contributed by atoms with Crippen molar-refractivity contribution in [1.82, 2.24) is 10.3 Å². The second kappa shape index (κ2) is 6.54. The fourth-order valence-electron chi connectivity index (χ4n) is 1.93. The Hall–Kier alpha value is -0.790. The molecule has 3 nitrogen and oxygen atoms in total. The topological polar surface area (TPSA) is 45.2 Å². The number of hydrogen-bond acceptors (Lipinski definition) is 4. The lowest BCUT2D eigenvalue weighted by molar-refractivity contribution is -0.137. The summed E-state index contributed by atoms with van der Waals surface area (Å²) in [4.78, 5) is 3.82. The molecule has 2 N–H and O–H groups in total. The Labute approximate surface area is 126 Å². The predicted molar refractivity (Wildman–Crippen MR) is 76.2 cm³/mol. The molecule has 21 heavy (non-hydrogen) atoms. The third-order valence-corrected chi connectivity index (χ3v) is 4.39. The van der Waals surface area contributed by atoms with E-state index >= 15 is 0 Å². The standard InChI is InChI=1S/C14H19F3N2OS/c1-13(9-20,19-11-3-4-11)6-7-21-12-5-2-10(8-18-12)14(15,16)17/h2,5,8,11,19-20H,3-4,6-7,9H2,1H3. The van der Waals surface area contributed by atoms with Crippen molar-refractivity contribution < 1.29 is 18.3 Å². The average molecular weight is 320 g/mol. The molecule has 1 saturated carbocycles. The van der Waals surface area contributed by atoms with Crippen LogP contribution in [0.4, 0.5) is 13.2 Å². The van der Waals surface area contributed by atoms with Crippen LogP contribution in [-0.2, 0) is 6.18 Å². The molecule has 1 unspecified atom stereocenters. The van der Waals surface area contributed by atoms with Crippen molar-refractivity contribution in [3.8, 4) is 0 Å². The molecule has 1 aliphatic rings. The highest BCUT2D eigenvalue weighted by atomic mass is 32.2. The highest BCUT2D eigenvalue weighted by Crippen LogP contribution is 2.30. The van der Waals surface area contributed by atoms with E-state index in [2.05, 4.69) is 10.3 Å². The summed E-state index contributed by atoms with van der Waals surface area (Å²) in [6.45, 7) is 2.01. The van der Waals surface area contributed by atoms with Crippen molar-refractivity contribution in [3.05, 3.63) is 23.9 Å². The zero-order valence-electron chi connectivity index (χ0n) is 11.8. The second-order valence-corrected chi connectivity index (χ2v) is 6.73. The maximum Gasteiger partial charge on any atom is 0.417 e. The summed E-state index contributed by atoms with van der Waals surface area (Å²) in [5.41, 5.74) is -1.07. The van der Waals surface area contributed by atoms with E-state index in [1.54, 1.807) is 0 Å². The molecule has 0 spiro atoms. The van der Waals surface area contributed by atoms with E-state index in [9.17, 15) is 18.3 Å². The minimum absolute atomic E-state index is 0.0461. The van der Waals surface area contributed by atoms with Gasteiger partial charge in [-0.2, -0.15) is 13.2 Å². The summed E-state index contributed by atoms with van der Waals surface area (Å²) >= 11 is 1.40. The van der Waals surface area contributed by atoms with Gasteiger partial charge in [-0.3, -0.25) is 0 Å². The molecule has 1 atom stereocenters. The van der Waals surface area contributed by atoms with Gasteiger partial charge in [0.25, 0.3) is 0 Å². The zero-order chi connectivity index (χ0) is 15.5. The fraction of sp³-hybridized carbons (Fsp3) is 0.643. The SMILES string of the molecule is CC(CO)(CCSc1ccc(C(F)(F)F)cn1)NC1CC1. The van der Waals surface area contributed by atoms with E-state index < -0.39 is 11.7 Å². The molecule has 2 rings (SSSR count). The molecule has 118 valence electrons. The molecular weight excluding hydrogens is 301 g/mol. The molecule has 7 heteroatoms. The molecule has 1 aromatic heterocycles. The molecule has 0 bridgehead atoms. The number of alkyl halides is 3. The molecule has 0 radical (unpaired) electrons. The highest BCUT2D eigenvalue weighted by Gasteiger charge is 2.32. The minimum Gasteiger partial charge on any atom is -0.394 e. The second-order valence-electron chi connectivity index (χ2n) is 5.62. The number of nitrogens with one attached hydrogen (secondary N) is 1. The Kier molecular flexibility index (Phi) is 5.16. The third-order valence-electron chi connectivity index (χ3n) is 3.45. The molecule has 1 aromatic rings. The van der Waals surface area contributed by atoms with Crippen molar-refractivity contribution in [3.63, 3.8) is 0 Å². The van der Waals surface area contributed by atoms with Gasteiger partial charge in [0.2, 0.25) is 0 Å². The number of halogens is 3. The van der Waals surface area contributed by atoms with Gasteiger partial charge < -0.3 is 10.4 Å². The summed E-state index contributed by atoms with van der Waals surface area (Å²) in [6.07, 6.45) is -0.477. The lowest BCUT2D eigenvalue weighted by Crippen LogP contribution is -2.47. The van der Waals surface area contributed by atoms with Crippen molar-refractivity contribution in [1.29, 1.82) is 0 Å². The number of aliphatic hydroxyl groups is 1. The molecule has 0 amide bonds. The van der Waals surface area contributed by atoms with Crippen LogP contribution in [0.3, 0.4) is 0 Å². The number of rotatable bonds is 7. The molecule has 0 saturated heterocycles. The predicted octanol–water partition coefficient (Wildman–Crippen LogP) is 3.09. The van der Waals surface area contributed by atoms with E-state index in [1.165, 1.54) is 17.8 Å². The van der Waals surface area contributed by atoms with Gasteiger partial charge in [0, 0.05) is 23.5 Å². The summed E-state index contributed by atoms with van der Waals surface area (Å²) in [6, 6.07) is 2.93. The van der Waals surface area contributed by atoms with E-state index in [4.69, 9.17) is 0 Å². The van der Waals surface area contributed by atoms with Gasteiger partial charge in [0.1, 0.15) is 0 Å². The average Bonchev–Trinajstić information content (AvgIpc) is 3.22. The molecule has 1 heterocycles. The first-order valence-corrected chi connectivity index (χ1v) is 7.86. The van der Waals surface area contributed by atoms with Crippen molar-refractivity contribution in [2.24, 2.45) is 0 Å². The Morgan fingerprint density at radius 3 is 2.57 bits per heavy atom. The Morgan fingerprint density at radius 1 is 1.38 bits per heavy atom. The molecular formula is C14H19F3N2OS. The van der Waals surface area contributed by atoms with Gasteiger partial charge in [-0.1, -0.05) is 0 Å². The van der Waals surface area contributed by atoms with Gasteiger partial charge in [-0.25, -0.2) is 4.98 Å². The molecule has 0 aliphatic heterocycles. The first-order chi connectivity index (χ1) is 9.82. The first-order valence-electron chi connectivity index (χ1n) is 6.87. The van der Waals surface area contributed by atoms with Crippen molar-refractivity contribution in [2.45, 2.75) is 49.0 Å². The minimum atomic E-state index is -4.35. The summed E-state index contributed by atoms with van der Waals surface area (Å²) in [5, 5.41) is 13.4. The quantitative estimate of drug-likeness (QED) is 0.758. The van der Waals surface area contributed by atoms with Crippen LogP contribution in [0, 0.1) is 0 Å². The van der Waals surface area contributed by atoms with Crippen molar-refractivity contribution in [2.75, 3.05) is 12.4 Å². The zero-order valence-corrected chi connectivity index (χ0v) is 12.6. The van der Waals surface area contributed by atoms with Crippen LogP contribution in [0.1, 0.15) is 31.7 Å². The van der Waals surface area contributed by atoms with E-state index in [0.29, 0.717) is 16.8 Å². The number of nitrogens with zero attached hydrogens (tertiary/aromatic N) is 1. The fourth-order valence-corrected chi connectivity index (χ4v) is 2.98. The van der Waals surface area contributed by atoms with Crippen LogP contribution >= 0.6 is 11.8 Å². The summed E-state index contributed by atoms with van der Waals surface area (Å²) in [7, 11) is 0. The maximum absolute atomic E-state index is 12.4. The number of aromatic nitrogens is 1. The van der Waals surface area contributed by atoms with Gasteiger partial charge in [0.05, 0.1) is 17.2 Å². The van der Waals surface area contributed by atoms with Crippen LogP contribution in [0.15, 0.2) is 23.4 Å². The van der Waals surface area contributed by atoms with E-state index in [0.717, 1.165) is 31.5 Å². The van der Waals surface area contributed by atoms with Crippen LogP contribution in [0.2, 0.25) is 0 Å². The number of pyridine rings is 1. The van der Waals surface area contributed by atoms with Crippen LogP contribution in [0.25, 0.3) is 0 Å².